The van der Waals surface area contributed by atoms with Crippen molar-refractivity contribution in [2.45, 2.75) is 37.8 Å². The second kappa shape index (κ2) is 4.46. The Morgan fingerprint density at radius 2 is 2.14 bits per heavy atom. The van der Waals surface area contributed by atoms with Crippen LogP contribution in [-0.4, -0.2) is 37.6 Å². The number of ether oxygens (including phenoxy) is 2. The average Bonchev–Trinajstić information content (AvgIpc) is 2.48. The highest BCUT2D eigenvalue weighted by molar-refractivity contribution is 4.79. The van der Waals surface area contributed by atoms with E-state index in [4.69, 9.17) is 15.2 Å². The van der Waals surface area contributed by atoms with Crippen LogP contribution in [0.5, 0.6) is 0 Å². The Bertz CT molecular complexity index is 178. The molecule has 0 aromatic carbocycles. The van der Waals surface area contributed by atoms with Gasteiger partial charge in [-0.15, -0.1) is 0 Å². The first kappa shape index (κ1) is 11.7. The smallest absolute Gasteiger partial charge is 0.379 e. The Balaban J connectivity index is 2.50. The van der Waals surface area contributed by atoms with Crippen LogP contribution in [-0.2, 0) is 9.47 Å². The van der Waals surface area contributed by atoms with Gasteiger partial charge in [-0.1, -0.05) is 0 Å². The first-order valence-corrected chi connectivity index (χ1v) is 4.46. The number of hydrogen-bond acceptors (Lipinski definition) is 3. The standard InChI is InChI=1S/C8H14F3NO2/c1-5(12)7(8(9,10)11)14-6-2-3-13-4-6/h5-7H,2-4,12H2,1H3. The Hall–Kier alpha value is -0.330. The fraction of sp³-hybridized carbons (Fsp3) is 1.00. The van der Waals surface area contributed by atoms with E-state index in [2.05, 4.69) is 0 Å². The van der Waals surface area contributed by atoms with Crippen molar-refractivity contribution < 1.29 is 22.6 Å². The molecular weight excluding hydrogens is 199 g/mol. The lowest BCUT2D eigenvalue weighted by molar-refractivity contribution is -0.237. The van der Waals surface area contributed by atoms with Gasteiger partial charge in [-0.2, -0.15) is 13.2 Å². The van der Waals surface area contributed by atoms with Gasteiger partial charge in [0.15, 0.2) is 6.10 Å². The normalized spacial score (nSPS) is 27.6. The highest BCUT2D eigenvalue weighted by atomic mass is 19.4. The van der Waals surface area contributed by atoms with Crippen LogP contribution in [0.1, 0.15) is 13.3 Å². The lowest BCUT2D eigenvalue weighted by atomic mass is 10.2. The van der Waals surface area contributed by atoms with Crippen molar-refractivity contribution in [1.82, 2.24) is 0 Å². The summed E-state index contributed by atoms with van der Waals surface area (Å²) in [7, 11) is 0. The van der Waals surface area contributed by atoms with Crippen LogP contribution < -0.4 is 5.73 Å². The Morgan fingerprint density at radius 1 is 1.50 bits per heavy atom. The van der Waals surface area contributed by atoms with Crippen molar-refractivity contribution in [2.24, 2.45) is 5.73 Å². The van der Waals surface area contributed by atoms with E-state index >= 15 is 0 Å². The third kappa shape index (κ3) is 3.11. The summed E-state index contributed by atoms with van der Waals surface area (Å²) < 4.78 is 46.9. The highest BCUT2D eigenvalue weighted by Crippen LogP contribution is 2.27. The summed E-state index contributed by atoms with van der Waals surface area (Å²) in [5.74, 6) is 0. The summed E-state index contributed by atoms with van der Waals surface area (Å²) in [6, 6.07) is -1.06. The van der Waals surface area contributed by atoms with E-state index in [1.54, 1.807) is 0 Å². The van der Waals surface area contributed by atoms with Crippen LogP contribution in [0.3, 0.4) is 0 Å². The van der Waals surface area contributed by atoms with Crippen molar-refractivity contribution in [3.63, 3.8) is 0 Å². The monoisotopic (exact) mass is 213 g/mol. The minimum absolute atomic E-state index is 0.222. The molecule has 1 aliphatic heterocycles. The number of halogens is 3. The molecular formula is C8H14F3NO2. The van der Waals surface area contributed by atoms with Crippen molar-refractivity contribution in [2.75, 3.05) is 13.2 Å². The molecule has 1 rings (SSSR count). The number of alkyl halides is 3. The summed E-state index contributed by atoms with van der Waals surface area (Å²) in [5.41, 5.74) is 5.22. The van der Waals surface area contributed by atoms with Gasteiger partial charge < -0.3 is 15.2 Å². The van der Waals surface area contributed by atoms with Crippen LogP contribution in [0.25, 0.3) is 0 Å². The van der Waals surface area contributed by atoms with E-state index < -0.39 is 24.4 Å². The van der Waals surface area contributed by atoms with Crippen LogP contribution in [0.4, 0.5) is 13.2 Å². The van der Waals surface area contributed by atoms with Crippen molar-refractivity contribution >= 4 is 0 Å². The number of hydrogen-bond donors (Lipinski definition) is 1. The minimum atomic E-state index is -4.41. The molecule has 1 fully saturated rings. The molecule has 0 saturated carbocycles. The van der Waals surface area contributed by atoms with E-state index in [9.17, 15) is 13.2 Å². The predicted octanol–water partition coefficient (Wildman–Crippen LogP) is 1.07. The van der Waals surface area contributed by atoms with Gasteiger partial charge in [-0.25, -0.2) is 0 Å². The van der Waals surface area contributed by atoms with Gasteiger partial charge in [0, 0.05) is 12.6 Å². The SMILES string of the molecule is CC(N)C(OC1CCOC1)C(F)(F)F. The molecule has 1 aliphatic rings. The molecule has 3 unspecified atom stereocenters. The zero-order valence-electron chi connectivity index (χ0n) is 7.88. The molecule has 6 heteroatoms. The molecule has 84 valence electrons. The highest BCUT2D eigenvalue weighted by Gasteiger charge is 2.44. The number of rotatable bonds is 3. The van der Waals surface area contributed by atoms with Crippen molar-refractivity contribution in [3.8, 4) is 0 Å². The topological polar surface area (TPSA) is 44.5 Å². The first-order valence-electron chi connectivity index (χ1n) is 4.46. The Labute approximate surface area is 80.4 Å². The quantitative estimate of drug-likeness (QED) is 0.762. The maximum Gasteiger partial charge on any atom is 0.416 e. The molecule has 0 radical (unpaired) electrons. The molecule has 0 amide bonds. The molecule has 0 aromatic heterocycles. The third-order valence-corrected chi connectivity index (χ3v) is 2.03. The van der Waals surface area contributed by atoms with Gasteiger partial charge in [-0.3, -0.25) is 0 Å². The molecule has 0 aliphatic carbocycles. The van der Waals surface area contributed by atoms with Crippen molar-refractivity contribution in [1.29, 1.82) is 0 Å². The van der Waals surface area contributed by atoms with Crippen LogP contribution in [0.2, 0.25) is 0 Å². The van der Waals surface area contributed by atoms with E-state index in [-0.39, 0.29) is 6.61 Å². The second-order valence-electron chi connectivity index (χ2n) is 3.44. The summed E-state index contributed by atoms with van der Waals surface area (Å²) >= 11 is 0. The molecule has 1 heterocycles. The van der Waals surface area contributed by atoms with E-state index in [1.807, 2.05) is 0 Å². The zero-order valence-corrected chi connectivity index (χ0v) is 7.88. The molecule has 0 spiro atoms. The Morgan fingerprint density at radius 3 is 2.50 bits per heavy atom. The first-order chi connectivity index (χ1) is 6.41. The minimum Gasteiger partial charge on any atom is -0.379 e. The van der Waals surface area contributed by atoms with Gasteiger partial charge in [0.1, 0.15) is 0 Å². The molecule has 0 aromatic rings. The lowest BCUT2D eigenvalue weighted by Gasteiger charge is -2.26. The van der Waals surface area contributed by atoms with Crippen LogP contribution >= 0.6 is 0 Å². The van der Waals surface area contributed by atoms with E-state index in [1.165, 1.54) is 6.92 Å². The molecule has 3 atom stereocenters. The fourth-order valence-corrected chi connectivity index (χ4v) is 1.33. The van der Waals surface area contributed by atoms with Gasteiger partial charge in [0.25, 0.3) is 0 Å². The maximum atomic E-state index is 12.4. The predicted molar refractivity (Wildman–Crippen MR) is 43.8 cm³/mol. The van der Waals surface area contributed by atoms with Gasteiger partial charge in [0.05, 0.1) is 12.7 Å². The van der Waals surface area contributed by atoms with Gasteiger partial charge in [-0.05, 0) is 13.3 Å². The lowest BCUT2D eigenvalue weighted by Crippen LogP contribution is -2.47. The summed E-state index contributed by atoms with van der Waals surface area (Å²) in [4.78, 5) is 0. The fourth-order valence-electron chi connectivity index (χ4n) is 1.33. The molecule has 3 nitrogen and oxygen atoms in total. The maximum absolute atomic E-state index is 12.4. The summed E-state index contributed by atoms with van der Waals surface area (Å²) in [5, 5.41) is 0. The second-order valence-corrected chi connectivity index (χ2v) is 3.44. The van der Waals surface area contributed by atoms with Crippen LogP contribution in [0, 0.1) is 0 Å². The zero-order chi connectivity index (χ0) is 10.8. The molecule has 0 bridgehead atoms. The molecule has 1 saturated heterocycles. The largest absolute Gasteiger partial charge is 0.416 e. The molecule has 14 heavy (non-hydrogen) atoms. The summed E-state index contributed by atoms with van der Waals surface area (Å²) in [6.07, 6.45) is -6.28. The number of nitrogens with two attached hydrogens (primary N) is 1. The summed E-state index contributed by atoms with van der Waals surface area (Å²) in [6.45, 7) is 1.96. The molecule has 2 N–H and O–H groups in total. The van der Waals surface area contributed by atoms with E-state index in [0.717, 1.165) is 0 Å². The van der Waals surface area contributed by atoms with Gasteiger partial charge >= 0.3 is 6.18 Å². The van der Waals surface area contributed by atoms with Crippen LogP contribution in [0.15, 0.2) is 0 Å². The van der Waals surface area contributed by atoms with Crippen molar-refractivity contribution in [3.05, 3.63) is 0 Å². The van der Waals surface area contributed by atoms with Gasteiger partial charge in [0.2, 0.25) is 0 Å². The Kier molecular flexibility index (Phi) is 3.74. The third-order valence-electron chi connectivity index (χ3n) is 2.03. The van der Waals surface area contributed by atoms with E-state index in [0.29, 0.717) is 13.0 Å². The average molecular weight is 213 g/mol.